The van der Waals surface area contributed by atoms with Gasteiger partial charge < -0.3 is 19.9 Å². The molecule has 2 fully saturated rings. The molecule has 0 aliphatic carbocycles. The molecule has 0 saturated carbocycles. The van der Waals surface area contributed by atoms with E-state index in [1.54, 1.807) is 12.1 Å². The fourth-order valence-corrected chi connectivity index (χ4v) is 6.90. The van der Waals surface area contributed by atoms with Crippen molar-refractivity contribution in [2.75, 3.05) is 69.2 Å². The van der Waals surface area contributed by atoms with Gasteiger partial charge in [0.2, 0.25) is 10.0 Å². The lowest BCUT2D eigenvalue weighted by molar-refractivity contribution is 0.0730. The number of ether oxygens (including phenoxy) is 1. The lowest BCUT2D eigenvalue weighted by Gasteiger charge is -2.36. The van der Waals surface area contributed by atoms with Crippen molar-refractivity contribution in [1.29, 1.82) is 0 Å². The zero-order chi connectivity index (χ0) is 24.3. The summed E-state index contributed by atoms with van der Waals surface area (Å²) in [4.78, 5) is 19.8. The first-order valence-electron chi connectivity index (χ1n) is 11.9. The number of aryl methyl sites for hydroxylation is 2. The minimum absolute atomic E-state index is 0.192. The van der Waals surface area contributed by atoms with Crippen LogP contribution in [0.25, 0.3) is 0 Å². The minimum atomic E-state index is -3.67. The molecule has 1 aromatic carbocycles. The largest absolute Gasteiger partial charge is 0.379 e. The lowest BCUT2D eigenvalue weighted by atomic mass is 10.2. The lowest BCUT2D eigenvalue weighted by Crippen LogP contribution is -2.46. The average Bonchev–Trinajstić information content (AvgIpc) is 3.25. The highest BCUT2D eigenvalue weighted by Crippen LogP contribution is 2.32. The van der Waals surface area contributed by atoms with E-state index in [0.717, 1.165) is 55.3 Å². The van der Waals surface area contributed by atoms with E-state index in [-0.39, 0.29) is 10.8 Å². The third kappa shape index (κ3) is 5.31. The van der Waals surface area contributed by atoms with Crippen molar-refractivity contribution in [2.45, 2.75) is 32.1 Å². The molecule has 0 radical (unpaired) electrons. The first kappa shape index (κ1) is 25.1. The van der Waals surface area contributed by atoms with Crippen LogP contribution in [0.1, 0.15) is 34.0 Å². The molecule has 2 saturated heterocycles. The molecular formula is C24H34N4O4S2. The second-order valence-corrected chi connectivity index (χ2v) is 11.8. The van der Waals surface area contributed by atoms with Crippen LogP contribution < -0.4 is 10.2 Å². The first-order valence-corrected chi connectivity index (χ1v) is 14.2. The standard InChI is InChI=1S/C24H34N4O4S2/c1-4-19-16-23(33-18(19)3)24(29)25-21-17-20(34(30,31)28-12-14-32-15-13-28)6-7-22(21)27-10-8-26(5-2)9-11-27/h6-7,16-17H,4-5,8-15H2,1-3H3,(H,25,29). The molecule has 0 atom stereocenters. The van der Waals surface area contributed by atoms with Crippen LogP contribution in [0.4, 0.5) is 11.4 Å². The molecule has 34 heavy (non-hydrogen) atoms. The number of nitrogens with zero attached hydrogens (tertiary/aromatic N) is 3. The highest BCUT2D eigenvalue weighted by molar-refractivity contribution is 7.89. The number of hydrogen-bond acceptors (Lipinski definition) is 7. The maximum atomic E-state index is 13.3. The van der Waals surface area contributed by atoms with Crippen molar-refractivity contribution < 1.29 is 17.9 Å². The second-order valence-electron chi connectivity index (χ2n) is 8.62. The fourth-order valence-electron chi connectivity index (χ4n) is 4.46. The number of thiophene rings is 1. The number of likely N-dealkylation sites (N-methyl/N-ethyl adjacent to an activating group) is 1. The number of amides is 1. The van der Waals surface area contributed by atoms with E-state index in [4.69, 9.17) is 4.74 Å². The van der Waals surface area contributed by atoms with Gasteiger partial charge in [0.05, 0.1) is 34.4 Å². The van der Waals surface area contributed by atoms with Crippen molar-refractivity contribution in [1.82, 2.24) is 9.21 Å². The van der Waals surface area contributed by atoms with Gasteiger partial charge in [0.1, 0.15) is 0 Å². The van der Waals surface area contributed by atoms with Gasteiger partial charge in [-0.3, -0.25) is 4.79 Å². The molecule has 8 nitrogen and oxygen atoms in total. The summed E-state index contributed by atoms with van der Waals surface area (Å²) >= 11 is 1.47. The number of benzene rings is 1. The minimum Gasteiger partial charge on any atom is -0.379 e. The summed E-state index contributed by atoms with van der Waals surface area (Å²) in [6.45, 7) is 12.2. The first-order chi connectivity index (χ1) is 16.3. The number of sulfonamides is 1. The fraction of sp³-hybridized carbons (Fsp3) is 0.542. The maximum absolute atomic E-state index is 13.3. The van der Waals surface area contributed by atoms with Crippen molar-refractivity contribution in [2.24, 2.45) is 0 Å². The smallest absolute Gasteiger partial charge is 0.265 e. The van der Waals surface area contributed by atoms with E-state index in [1.165, 1.54) is 15.6 Å². The molecule has 0 spiro atoms. The molecule has 2 aliphatic heterocycles. The quantitative estimate of drug-likeness (QED) is 0.622. The molecule has 4 rings (SSSR count). The Hall–Kier alpha value is -1.98. The SMILES string of the molecule is CCc1cc(C(=O)Nc2cc(S(=O)(=O)N3CCOCC3)ccc2N2CCN(CC)CC2)sc1C. The Morgan fingerprint density at radius 1 is 1.06 bits per heavy atom. The maximum Gasteiger partial charge on any atom is 0.265 e. The van der Waals surface area contributed by atoms with E-state index >= 15 is 0 Å². The number of nitrogens with one attached hydrogen (secondary N) is 1. The Bertz CT molecular complexity index is 1120. The Kier molecular flexibility index (Phi) is 7.94. The molecule has 1 aromatic heterocycles. The Morgan fingerprint density at radius 3 is 2.38 bits per heavy atom. The number of morpholine rings is 1. The molecule has 2 aromatic rings. The summed E-state index contributed by atoms with van der Waals surface area (Å²) in [6, 6.07) is 7.04. The van der Waals surface area contributed by atoms with Crippen LogP contribution in [0.15, 0.2) is 29.2 Å². The number of hydrogen-bond donors (Lipinski definition) is 1. The van der Waals surface area contributed by atoms with Gasteiger partial charge in [0.25, 0.3) is 5.91 Å². The van der Waals surface area contributed by atoms with E-state index in [0.29, 0.717) is 36.9 Å². The molecule has 1 amide bonds. The molecule has 2 aliphatic rings. The van der Waals surface area contributed by atoms with Gasteiger partial charge in [-0.25, -0.2) is 8.42 Å². The Labute approximate surface area is 206 Å². The number of anilines is 2. The van der Waals surface area contributed by atoms with Crippen LogP contribution >= 0.6 is 11.3 Å². The van der Waals surface area contributed by atoms with Gasteiger partial charge in [-0.2, -0.15) is 4.31 Å². The van der Waals surface area contributed by atoms with Gasteiger partial charge in [-0.15, -0.1) is 11.3 Å². The summed E-state index contributed by atoms with van der Waals surface area (Å²) in [5.74, 6) is -0.206. The highest BCUT2D eigenvalue weighted by Gasteiger charge is 2.28. The van der Waals surface area contributed by atoms with E-state index in [1.807, 2.05) is 19.1 Å². The van der Waals surface area contributed by atoms with E-state index in [2.05, 4.69) is 29.0 Å². The predicted molar refractivity (Wildman–Crippen MR) is 137 cm³/mol. The van der Waals surface area contributed by atoms with Crippen LogP contribution in [-0.2, 0) is 21.2 Å². The summed E-state index contributed by atoms with van der Waals surface area (Å²) in [5.41, 5.74) is 2.55. The molecule has 1 N–H and O–H groups in total. The normalized spacial score (nSPS) is 18.3. The van der Waals surface area contributed by atoms with Crippen molar-refractivity contribution in [3.05, 3.63) is 39.6 Å². The average molecular weight is 507 g/mol. The van der Waals surface area contributed by atoms with Gasteiger partial charge in [-0.05, 0) is 49.7 Å². The van der Waals surface area contributed by atoms with Crippen LogP contribution in [0.3, 0.4) is 0 Å². The molecule has 0 bridgehead atoms. The van der Waals surface area contributed by atoms with Crippen molar-refractivity contribution in [3.8, 4) is 0 Å². The van der Waals surface area contributed by atoms with Gasteiger partial charge in [0, 0.05) is 44.1 Å². The monoisotopic (exact) mass is 506 g/mol. The van der Waals surface area contributed by atoms with Gasteiger partial charge in [0.15, 0.2) is 0 Å². The number of carbonyl (C=O) groups is 1. The Morgan fingerprint density at radius 2 is 1.76 bits per heavy atom. The van der Waals surface area contributed by atoms with Gasteiger partial charge >= 0.3 is 0 Å². The summed E-state index contributed by atoms with van der Waals surface area (Å²) < 4.78 is 33.4. The summed E-state index contributed by atoms with van der Waals surface area (Å²) in [6.07, 6.45) is 0.871. The van der Waals surface area contributed by atoms with Crippen molar-refractivity contribution >= 4 is 38.6 Å². The number of carbonyl (C=O) groups excluding carboxylic acids is 1. The summed E-state index contributed by atoms with van der Waals surface area (Å²) in [7, 11) is -3.67. The second kappa shape index (κ2) is 10.7. The summed E-state index contributed by atoms with van der Waals surface area (Å²) in [5, 5.41) is 3.04. The molecule has 0 unspecified atom stereocenters. The van der Waals surface area contributed by atoms with Crippen LogP contribution in [0.5, 0.6) is 0 Å². The van der Waals surface area contributed by atoms with E-state index < -0.39 is 10.0 Å². The molecular weight excluding hydrogens is 472 g/mol. The topological polar surface area (TPSA) is 82.2 Å². The zero-order valence-electron chi connectivity index (χ0n) is 20.2. The molecule has 10 heteroatoms. The third-order valence-corrected chi connectivity index (χ3v) is 9.60. The van der Waals surface area contributed by atoms with Crippen molar-refractivity contribution in [3.63, 3.8) is 0 Å². The molecule has 186 valence electrons. The predicted octanol–water partition coefficient (Wildman–Crippen LogP) is 3.03. The molecule has 3 heterocycles. The highest BCUT2D eigenvalue weighted by atomic mass is 32.2. The zero-order valence-corrected chi connectivity index (χ0v) is 21.8. The Balaban J connectivity index is 1.66. The van der Waals surface area contributed by atoms with Gasteiger partial charge in [-0.1, -0.05) is 13.8 Å². The number of rotatable bonds is 7. The van der Waals surface area contributed by atoms with Crippen LogP contribution in [0.2, 0.25) is 0 Å². The van der Waals surface area contributed by atoms with Crippen LogP contribution in [-0.4, -0.2) is 82.6 Å². The van der Waals surface area contributed by atoms with Crippen LogP contribution in [0, 0.1) is 6.92 Å². The third-order valence-electron chi connectivity index (χ3n) is 6.61. The van der Waals surface area contributed by atoms with E-state index in [9.17, 15) is 13.2 Å². The number of piperazine rings is 1.